The van der Waals surface area contributed by atoms with Crippen molar-refractivity contribution >= 4 is 5.91 Å². The number of carbonyl (C=O) groups is 1. The Morgan fingerprint density at radius 2 is 2.09 bits per heavy atom. The molecule has 0 spiro atoms. The van der Waals surface area contributed by atoms with Crippen molar-refractivity contribution in [2.45, 2.75) is 39.2 Å². The van der Waals surface area contributed by atoms with Crippen LogP contribution in [0.15, 0.2) is 24.7 Å². The summed E-state index contributed by atoms with van der Waals surface area (Å²) in [5.74, 6) is 0.437. The van der Waals surface area contributed by atoms with Gasteiger partial charge in [-0.1, -0.05) is 6.07 Å². The first-order valence-corrected chi connectivity index (χ1v) is 7.96. The average Bonchev–Trinajstić information content (AvgIpc) is 2.60. The fourth-order valence-electron chi connectivity index (χ4n) is 2.73. The van der Waals surface area contributed by atoms with E-state index in [0.29, 0.717) is 24.7 Å². The van der Waals surface area contributed by atoms with Gasteiger partial charge >= 0.3 is 0 Å². The van der Waals surface area contributed by atoms with E-state index >= 15 is 0 Å². The molecular formula is C17H20N4O2. The number of carbonyl (C=O) groups excluding carboxylic acids is 1. The fourth-order valence-corrected chi connectivity index (χ4v) is 2.73. The van der Waals surface area contributed by atoms with Gasteiger partial charge in [-0.25, -0.2) is 15.0 Å². The highest BCUT2D eigenvalue weighted by molar-refractivity contribution is 5.93. The van der Waals surface area contributed by atoms with Crippen LogP contribution in [-0.2, 0) is 19.4 Å². The van der Waals surface area contributed by atoms with Gasteiger partial charge in [0, 0.05) is 30.1 Å². The second-order valence-corrected chi connectivity index (χ2v) is 5.48. The highest BCUT2D eigenvalue weighted by Gasteiger charge is 2.19. The van der Waals surface area contributed by atoms with Crippen LogP contribution >= 0.6 is 0 Å². The van der Waals surface area contributed by atoms with E-state index in [4.69, 9.17) is 4.74 Å². The minimum absolute atomic E-state index is 0.153. The van der Waals surface area contributed by atoms with Gasteiger partial charge in [-0.3, -0.25) is 4.79 Å². The van der Waals surface area contributed by atoms with Crippen LogP contribution in [0.25, 0.3) is 0 Å². The molecule has 1 aliphatic carbocycles. The zero-order chi connectivity index (χ0) is 16.1. The molecule has 0 unspecified atom stereocenters. The van der Waals surface area contributed by atoms with Gasteiger partial charge < -0.3 is 10.1 Å². The van der Waals surface area contributed by atoms with Crippen molar-refractivity contribution in [1.82, 2.24) is 20.3 Å². The SMILES string of the molecule is CCOc1ccc(CNC(=O)c2ncnc3c2CCCC3)cn1. The maximum atomic E-state index is 12.4. The lowest BCUT2D eigenvalue weighted by atomic mass is 9.94. The summed E-state index contributed by atoms with van der Waals surface area (Å²) in [6, 6.07) is 3.70. The molecule has 0 saturated carbocycles. The molecule has 0 saturated heterocycles. The van der Waals surface area contributed by atoms with Crippen molar-refractivity contribution in [3.8, 4) is 5.88 Å². The number of nitrogens with zero attached hydrogens (tertiary/aromatic N) is 3. The summed E-state index contributed by atoms with van der Waals surface area (Å²) in [5.41, 5.74) is 3.44. The van der Waals surface area contributed by atoms with E-state index in [1.165, 1.54) is 6.33 Å². The molecule has 1 N–H and O–H groups in total. The molecular weight excluding hydrogens is 292 g/mol. The van der Waals surface area contributed by atoms with Crippen LogP contribution in [0.4, 0.5) is 0 Å². The Labute approximate surface area is 135 Å². The Balaban J connectivity index is 1.65. The van der Waals surface area contributed by atoms with Crippen molar-refractivity contribution < 1.29 is 9.53 Å². The fraction of sp³-hybridized carbons (Fsp3) is 0.412. The largest absolute Gasteiger partial charge is 0.478 e. The number of amides is 1. The van der Waals surface area contributed by atoms with Gasteiger partial charge in [0.25, 0.3) is 5.91 Å². The number of rotatable bonds is 5. The molecule has 3 rings (SSSR count). The maximum absolute atomic E-state index is 12.4. The molecule has 0 aromatic carbocycles. The molecule has 120 valence electrons. The van der Waals surface area contributed by atoms with Crippen LogP contribution in [0, 0.1) is 0 Å². The molecule has 2 heterocycles. The van der Waals surface area contributed by atoms with Crippen LogP contribution in [0.2, 0.25) is 0 Å². The number of aromatic nitrogens is 3. The Kier molecular flexibility index (Phi) is 4.80. The van der Waals surface area contributed by atoms with E-state index in [1.54, 1.807) is 12.3 Å². The number of fused-ring (bicyclic) bond motifs is 1. The zero-order valence-electron chi connectivity index (χ0n) is 13.2. The van der Waals surface area contributed by atoms with Gasteiger partial charge in [0.1, 0.15) is 12.0 Å². The van der Waals surface area contributed by atoms with Crippen LogP contribution in [-0.4, -0.2) is 27.5 Å². The molecule has 2 aromatic heterocycles. The number of hydrogen-bond donors (Lipinski definition) is 1. The van der Waals surface area contributed by atoms with Crippen molar-refractivity contribution in [2.24, 2.45) is 0 Å². The van der Waals surface area contributed by atoms with E-state index in [1.807, 2.05) is 13.0 Å². The number of aryl methyl sites for hydroxylation is 1. The van der Waals surface area contributed by atoms with Gasteiger partial charge in [0.05, 0.1) is 6.61 Å². The summed E-state index contributed by atoms with van der Waals surface area (Å²) in [4.78, 5) is 25.1. The smallest absolute Gasteiger partial charge is 0.270 e. The van der Waals surface area contributed by atoms with Gasteiger partial charge in [-0.2, -0.15) is 0 Å². The second-order valence-electron chi connectivity index (χ2n) is 5.48. The van der Waals surface area contributed by atoms with Gasteiger partial charge in [0.15, 0.2) is 0 Å². The quantitative estimate of drug-likeness (QED) is 0.914. The van der Waals surface area contributed by atoms with E-state index in [-0.39, 0.29) is 5.91 Å². The topological polar surface area (TPSA) is 77.0 Å². The van der Waals surface area contributed by atoms with E-state index in [9.17, 15) is 4.79 Å². The molecule has 0 radical (unpaired) electrons. The van der Waals surface area contributed by atoms with Gasteiger partial charge in [-0.15, -0.1) is 0 Å². The summed E-state index contributed by atoms with van der Waals surface area (Å²) in [7, 11) is 0. The molecule has 0 bridgehead atoms. The first-order valence-electron chi connectivity index (χ1n) is 7.96. The maximum Gasteiger partial charge on any atom is 0.270 e. The van der Waals surface area contributed by atoms with Gasteiger partial charge in [0.2, 0.25) is 5.88 Å². The monoisotopic (exact) mass is 312 g/mol. The third kappa shape index (κ3) is 3.64. The predicted octanol–water partition coefficient (Wildman–Crippen LogP) is 2.08. The zero-order valence-corrected chi connectivity index (χ0v) is 13.2. The number of pyridine rings is 1. The summed E-state index contributed by atoms with van der Waals surface area (Å²) in [6.07, 6.45) is 7.22. The Morgan fingerprint density at radius 1 is 1.22 bits per heavy atom. The number of hydrogen-bond acceptors (Lipinski definition) is 5. The lowest BCUT2D eigenvalue weighted by molar-refractivity contribution is 0.0944. The molecule has 0 fully saturated rings. The molecule has 6 nitrogen and oxygen atoms in total. The lowest BCUT2D eigenvalue weighted by Crippen LogP contribution is -2.26. The summed E-state index contributed by atoms with van der Waals surface area (Å²) < 4.78 is 5.30. The molecule has 1 amide bonds. The Morgan fingerprint density at radius 3 is 2.87 bits per heavy atom. The standard InChI is InChI=1S/C17H20N4O2/c1-2-23-15-8-7-12(9-18-15)10-19-17(22)16-13-5-3-4-6-14(13)20-11-21-16/h7-9,11H,2-6,10H2,1H3,(H,19,22). The average molecular weight is 312 g/mol. The van der Waals surface area contributed by atoms with Crippen LogP contribution in [0.3, 0.4) is 0 Å². The normalized spacial score (nSPS) is 13.3. The minimum Gasteiger partial charge on any atom is -0.478 e. The van der Waals surface area contributed by atoms with Crippen LogP contribution < -0.4 is 10.1 Å². The minimum atomic E-state index is -0.153. The van der Waals surface area contributed by atoms with E-state index in [2.05, 4.69) is 20.3 Å². The molecule has 0 atom stereocenters. The van der Waals surface area contributed by atoms with E-state index < -0.39 is 0 Å². The Hall–Kier alpha value is -2.50. The molecule has 23 heavy (non-hydrogen) atoms. The van der Waals surface area contributed by atoms with Crippen LogP contribution in [0.1, 0.15) is 47.1 Å². The summed E-state index contributed by atoms with van der Waals surface area (Å²) >= 11 is 0. The highest BCUT2D eigenvalue weighted by Crippen LogP contribution is 2.21. The van der Waals surface area contributed by atoms with E-state index in [0.717, 1.165) is 42.5 Å². The third-order valence-electron chi connectivity index (χ3n) is 3.88. The molecule has 1 aliphatic rings. The highest BCUT2D eigenvalue weighted by atomic mass is 16.5. The molecule has 2 aromatic rings. The molecule has 0 aliphatic heterocycles. The summed E-state index contributed by atoms with van der Waals surface area (Å²) in [6.45, 7) is 2.91. The second kappa shape index (κ2) is 7.17. The van der Waals surface area contributed by atoms with Crippen molar-refractivity contribution in [3.05, 3.63) is 47.2 Å². The summed E-state index contributed by atoms with van der Waals surface area (Å²) in [5, 5.41) is 2.91. The number of ether oxygens (including phenoxy) is 1. The predicted molar refractivity (Wildman–Crippen MR) is 85.3 cm³/mol. The Bertz CT molecular complexity index is 685. The van der Waals surface area contributed by atoms with Gasteiger partial charge in [-0.05, 0) is 38.2 Å². The first kappa shape index (κ1) is 15.4. The van der Waals surface area contributed by atoms with Crippen LogP contribution in [0.5, 0.6) is 5.88 Å². The van der Waals surface area contributed by atoms with Crippen molar-refractivity contribution in [2.75, 3.05) is 6.61 Å². The first-order chi connectivity index (χ1) is 11.3. The third-order valence-corrected chi connectivity index (χ3v) is 3.88. The van der Waals surface area contributed by atoms with Crippen molar-refractivity contribution in [1.29, 1.82) is 0 Å². The lowest BCUT2D eigenvalue weighted by Gasteiger charge is -2.16. The molecule has 6 heteroatoms. The van der Waals surface area contributed by atoms with Crippen molar-refractivity contribution in [3.63, 3.8) is 0 Å². The number of nitrogens with one attached hydrogen (secondary N) is 1.